The van der Waals surface area contributed by atoms with Crippen molar-refractivity contribution in [3.63, 3.8) is 0 Å². The number of aromatic nitrogens is 2. The largest absolute Gasteiger partial charge is 0.505 e. The van der Waals surface area contributed by atoms with Gasteiger partial charge in [0.15, 0.2) is 11.4 Å². The third-order valence-corrected chi connectivity index (χ3v) is 2.45. The van der Waals surface area contributed by atoms with Crippen LogP contribution in [0.1, 0.15) is 16.1 Å². The monoisotopic (exact) mass is 230 g/mol. The summed E-state index contributed by atoms with van der Waals surface area (Å²) in [5, 5.41) is 18.6. The lowest BCUT2D eigenvalue weighted by Crippen LogP contribution is -2.02. The summed E-state index contributed by atoms with van der Waals surface area (Å²) in [4.78, 5) is 18.6. The molecule has 86 valence electrons. The first-order chi connectivity index (χ1) is 8.11. The zero-order valence-corrected chi connectivity index (χ0v) is 9.08. The molecule has 2 N–H and O–H groups in total. The van der Waals surface area contributed by atoms with Crippen molar-refractivity contribution >= 4 is 5.97 Å². The van der Waals surface area contributed by atoms with Gasteiger partial charge in [0, 0.05) is 23.5 Å². The summed E-state index contributed by atoms with van der Waals surface area (Å²) in [7, 11) is 0. The van der Waals surface area contributed by atoms with Gasteiger partial charge in [0.05, 0.1) is 5.69 Å². The molecule has 2 heterocycles. The Hall–Kier alpha value is -2.43. The Labute approximate surface area is 97.4 Å². The van der Waals surface area contributed by atoms with Gasteiger partial charge in [-0.05, 0) is 19.1 Å². The molecule has 0 fully saturated rings. The van der Waals surface area contributed by atoms with Crippen LogP contribution in [0.4, 0.5) is 0 Å². The second-order valence-corrected chi connectivity index (χ2v) is 3.51. The topological polar surface area (TPSA) is 83.3 Å². The van der Waals surface area contributed by atoms with Crippen LogP contribution < -0.4 is 0 Å². The lowest BCUT2D eigenvalue weighted by Gasteiger charge is -2.08. The summed E-state index contributed by atoms with van der Waals surface area (Å²) in [5.41, 5.74) is 1.37. The van der Waals surface area contributed by atoms with Crippen LogP contribution in [0, 0.1) is 6.92 Å². The van der Waals surface area contributed by atoms with Crippen LogP contribution in [0.2, 0.25) is 0 Å². The molecular weight excluding hydrogens is 220 g/mol. The van der Waals surface area contributed by atoms with Crippen molar-refractivity contribution in [3.8, 4) is 17.0 Å². The highest BCUT2D eigenvalue weighted by Crippen LogP contribution is 2.29. The fraction of sp³-hybridized carbons (Fsp3) is 0.0833. The van der Waals surface area contributed by atoms with Crippen LogP contribution in [0.25, 0.3) is 11.3 Å². The van der Waals surface area contributed by atoms with Crippen molar-refractivity contribution in [2.45, 2.75) is 6.92 Å². The number of hydrogen-bond acceptors (Lipinski definition) is 4. The van der Waals surface area contributed by atoms with Crippen LogP contribution in [0.5, 0.6) is 5.75 Å². The molecule has 2 aromatic heterocycles. The first kappa shape index (κ1) is 11.1. The minimum Gasteiger partial charge on any atom is -0.505 e. The van der Waals surface area contributed by atoms with Gasteiger partial charge in [-0.25, -0.2) is 9.78 Å². The van der Waals surface area contributed by atoms with E-state index in [0.717, 1.165) is 0 Å². The fourth-order valence-corrected chi connectivity index (χ4v) is 1.53. The molecule has 5 nitrogen and oxygen atoms in total. The molecule has 17 heavy (non-hydrogen) atoms. The summed E-state index contributed by atoms with van der Waals surface area (Å²) in [6.45, 7) is 1.63. The van der Waals surface area contributed by atoms with Gasteiger partial charge in [0.1, 0.15) is 0 Å². The average molecular weight is 230 g/mol. The summed E-state index contributed by atoms with van der Waals surface area (Å²) in [5.74, 6) is -1.57. The molecule has 0 saturated carbocycles. The Kier molecular flexibility index (Phi) is 2.74. The normalized spacial score (nSPS) is 10.2. The van der Waals surface area contributed by atoms with E-state index in [2.05, 4.69) is 9.97 Å². The van der Waals surface area contributed by atoms with Crippen molar-refractivity contribution in [2.24, 2.45) is 0 Å². The molecule has 5 heteroatoms. The number of aromatic carboxylic acids is 1. The van der Waals surface area contributed by atoms with E-state index in [-0.39, 0.29) is 11.4 Å². The maximum Gasteiger partial charge on any atom is 0.358 e. The second kappa shape index (κ2) is 4.21. The molecule has 0 aliphatic heterocycles. The predicted molar refractivity (Wildman–Crippen MR) is 60.8 cm³/mol. The maximum absolute atomic E-state index is 10.8. The highest BCUT2D eigenvalue weighted by Gasteiger charge is 2.17. The van der Waals surface area contributed by atoms with E-state index in [0.29, 0.717) is 16.8 Å². The standard InChI is InChI=1S/C12H10N2O3/c1-7-8(9-4-2-3-5-13-9)6-14-10(11(7)15)12(16)17/h2-6,15H,1H3,(H,16,17). The predicted octanol–water partition coefficient (Wildman–Crippen LogP) is 1.86. The molecule has 0 bridgehead atoms. The van der Waals surface area contributed by atoms with E-state index in [1.807, 2.05) is 6.07 Å². The molecule has 2 rings (SSSR count). The van der Waals surface area contributed by atoms with E-state index in [1.165, 1.54) is 6.20 Å². The zero-order chi connectivity index (χ0) is 12.4. The molecule has 0 aliphatic rings. The lowest BCUT2D eigenvalue weighted by molar-refractivity contribution is 0.0687. The minimum absolute atomic E-state index is 0.319. The van der Waals surface area contributed by atoms with Gasteiger partial charge < -0.3 is 10.2 Å². The molecule has 0 saturated heterocycles. The SMILES string of the molecule is Cc1c(-c2ccccn2)cnc(C(=O)O)c1O. The number of carbonyl (C=O) groups is 1. The molecule has 0 radical (unpaired) electrons. The van der Waals surface area contributed by atoms with Crippen LogP contribution in [-0.4, -0.2) is 26.2 Å². The molecule has 0 amide bonds. The highest BCUT2D eigenvalue weighted by atomic mass is 16.4. The molecule has 0 unspecified atom stereocenters. The number of pyridine rings is 2. The van der Waals surface area contributed by atoms with Gasteiger partial charge in [0.25, 0.3) is 0 Å². The van der Waals surface area contributed by atoms with E-state index < -0.39 is 5.97 Å². The van der Waals surface area contributed by atoms with Gasteiger partial charge in [-0.2, -0.15) is 0 Å². The second-order valence-electron chi connectivity index (χ2n) is 3.51. The van der Waals surface area contributed by atoms with Gasteiger partial charge in [-0.1, -0.05) is 6.07 Å². The Morgan fingerprint density at radius 2 is 2.06 bits per heavy atom. The average Bonchev–Trinajstić information content (AvgIpc) is 2.33. The van der Waals surface area contributed by atoms with Crippen LogP contribution in [0.15, 0.2) is 30.6 Å². The van der Waals surface area contributed by atoms with Crippen molar-refractivity contribution in [1.29, 1.82) is 0 Å². The van der Waals surface area contributed by atoms with E-state index >= 15 is 0 Å². The number of carboxylic acid groups (broad SMARTS) is 1. The molecule has 0 aromatic carbocycles. The molecule has 0 atom stereocenters. The fourth-order valence-electron chi connectivity index (χ4n) is 1.53. The van der Waals surface area contributed by atoms with Crippen LogP contribution in [0.3, 0.4) is 0 Å². The zero-order valence-electron chi connectivity index (χ0n) is 9.08. The van der Waals surface area contributed by atoms with Gasteiger partial charge >= 0.3 is 5.97 Å². The molecule has 0 spiro atoms. The van der Waals surface area contributed by atoms with E-state index in [1.54, 1.807) is 25.3 Å². The Balaban J connectivity index is 2.60. The number of rotatable bonds is 2. The quantitative estimate of drug-likeness (QED) is 0.822. The van der Waals surface area contributed by atoms with Crippen LogP contribution in [-0.2, 0) is 0 Å². The van der Waals surface area contributed by atoms with E-state index in [9.17, 15) is 9.90 Å². The molecular formula is C12H10N2O3. The number of hydrogen-bond donors (Lipinski definition) is 2. The first-order valence-electron chi connectivity index (χ1n) is 4.94. The van der Waals surface area contributed by atoms with E-state index in [4.69, 9.17) is 5.11 Å². The van der Waals surface area contributed by atoms with Gasteiger partial charge in [-0.15, -0.1) is 0 Å². The number of carboxylic acids is 1. The highest BCUT2D eigenvalue weighted by molar-refractivity contribution is 5.90. The number of aromatic hydroxyl groups is 1. The van der Waals surface area contributed by atoms with Crippen molar-refractivity contribution in [3.05, 3.63) is 41.9 Å². The lowest BCUT2D eigenvalue weighted by atomic mass is 10.1. The van der Waals surface area contributed by atoms with Crippen molar-refractivity contribution in [2.75, 3.05) is 0 Å². The molecule has 2 aromatic rings. The van der Waals surface area contributed by atoms with Gasteiger partial charge in [0.2, 0.25) is 0 Å². The summed E-state index contributed by atoms with van der Waals surface area (Å²) in [6.07, 6.45) is 3.03. The Bertz CT molecular complexity index is 567. The molecule has 0 aliphatic carbocycles. The summed E-state index contributed by atoms with van der Waals surface area (Å²) >= 11 is 0. The minimum atomic E-state index is -1.25. The van der Waals surface area contributed by atoms with Crippen molar-refractivity contribution < 1.29 is 15.0 Å². The van der Waals surface area contributed by atoms with Crippen LogP contribution >= 0.6 is 0 Å². The van der Waals surface area contributed by atoms with Gasteiger partial charge in [-0.3, -0.25) is 4.98 Å². The Morgan fingerprint density at radius 3 is 2.65 bits per heavy atom. The smallest absolute Gasteiger partial charge is 0.358 e. The van der Waals surface area contributed by atoms with Crippen molar-refractivity contribution in [1.82, 2.24) is 9.97 Å². The first-order valence-corrected chi connectivity index (χ1v) is 4.94. The number of nitrogens with zero attached hydrogens (tertiary/aromatic N) is 2. The Morgan fingerprint density at radius 1 is 1.29 bits per heavy atom. The third-order valence-electron chi connectivity index (χ3n) is 2.45. The third kappa shape index (κ3) is 1.94. The summed E-state index contributed by atoms with van der Waals surface area (Å²) < 4.78 is 0. The summed E-state index contributed by atoms with van der Waals surface area (Å²) in [6, 6.07) is 5.35. The maximum atomic E-state index is 10.8.